The minimum absolute atomic E-state index is 0. The largest absolute Gasteiger partial charge is 0.339 e. The van der Waals surface area contributed by atoms with E-state index in [4.69, 9.17) is 0 Å². The molecule has 1 aliphatic carbocycles. The Morgan fingerprint density at radius 1 is 1.09 bits per heavy atom. The molecule has 1 N–H and O–H groups in total. The van der Waals surface area contributed by atoms with Gasteiger partial charge in [0.1, 0.15) is 0 Å². The molecule has 0 unspecified atom stereocenters. The van der Waals surface area contributed by atoms with Crippen molar-refractivity contribution in [2.24, 2.45) is 5.92 Å². The van der Waals surface area contributed by atoms with Gasteiger partial charge >= 0.3 is 0 Å². The monoisotopic (exact) mass is 336 g/mol. The number of hydrogen-bond acceptors (Lipinski definition) is 3. The molecule has 2 aliphatic rings. The Kier molecular flexibility index (Phi) is 6.19. The van der Waals surface area contributed by atoms with Gasteiger partial charge < -0.3 is 10.2 Å². The van der Waals surface area contributed by atoms with Crippen LogP contribution >= 0.6 is 12.4 Å². The Bertz CT molecular complexity index is 564. The third-order valence-electron chi connectivity index (χ3n) is 4.71. The van der Waals surface area contributed by atoms with E-state index in [1.54, 1.807) is 12.1 Å². The first-order valence-electron chi connectivity index (χ1n) is 8.28. The van der Waals surface area contributed by atoms with Gasteiger partial charge in [0.25, 0.3) is 5.91 Å². The Hall–Kier alpha value is -1.39. The van der Waals surface area contributed by atoms with Gasteiger partial charge in [-0.25, -0.2) is 0 Å². The van der Waals surface area contributed by atoms with Crippen LogP contribution < -0.4 is 5.32 Å². The average molecular weight is 337 g/mol. The molecule has 3 rings (SSSR count). The number of rotatable bonds is 5. The minimum Gasteiger partial charge on any atom is -0.339 e. The second kappa shape index (κ2) is 7.93. The Labute approximate surface area is 144 Å². The number of benzene rings is 1. The van der Waals surface area contributed by atoms with Crippen LogP contribution in [0.3, 0.4) is 0 Å². The van der Waals surface area contributed by atoms with E-state index in [2.05, 4.69) is 5.32 Å². The third-order valence-corrected chi connectivity index (χ3v) is 4.71. The summed E-state index contributed by atoms with van der Waals surface area (Å²) in [5.41, 5.74) is 1.07. The molecule has 23 heavy (non-hydrogen) atoms. The second-order valence-electron chi connectivity index (χ2n) is 6.52. The molecule has 1 aliphatic heterocycles. The molecule has 0 bridgehead atoms. The number of halogens is 1. The van der Waals surface area contributed by atoms with E-state index in [9.17, 15) is 9.59 Å². The fourth-order valence-corrected chi connectivity index (χ4v) is 3.09. The minimum atomic E-state index is -0.0510. The van der Waals surface area contributed by atoms with Crippen LogP contribution in [0.2, 0.25) is 0 Å². The van der Waals surface area contributed by atoms with Gasteiger partial charge in [-0.3, -0.25) is 9.59 Å². The van der Waals surface area contributed by atoms with E-state index in [1.165, 1.54) is 19.8 Å². The fraction of sp³-hybridized carbons (Fsp3) is 0.556. The van der Waals surface area contributed by atoms with Crippen LogP contribution in [-0.2, 0) is 0 Å². The summed E-state index contributed by atoms with van der Waals surface area (Å²) in [6, 6.07) is 7.66. The summed E-state index contributed by atoms with van der Waals surface area (Å²) in [4.78, 5) is 26.2. The molecule has 1 saturated carbocycles. The van der Waals surface area contributed by atoms with Gasteiger partial charge in [-0.1, -0.05) is 18.2 Å². The number of likely N-dealkylation sites (tertiary alicyclic amines) is 1. The van der Waals surface area contributed by atoms with Crippen LogP contribution in [0, 0.1) is 5.92 Å². The van der Waals surface area contributed by atoms with Gasteiger partial charge in [0.2, 0.25) is 0 Å². The first-order valence-corrected chi connectivity index (χ1v) is 8.28. The van der Waals surface area contributed by atoms with Crippen LogP contribution in [0.25, 0.3) is 0 Å². The van der Waals surface area contributed by atoms with Crippen molar-refractivity contribution in [1.82, 2.24) is 10.2 Å². The molecule has 2 fully saturated rings. The Morgan fingerprint density at radius 3 is 2.26 bits per heavy atom. The van der Waals surface area contributed by atoms with Crippen LogP contribution in [0.1, 0.15) is 53.3 Å². The van der Waals surface area contributed by atoms with Crippen LogP contribution in [-0.4, -0.2) is 42.3 Å². The highest BCUT2D eigenvalue weighted by molar-refractivity contribution is 6.07. The van der Waals surface area contributed by atoms with Gasteiger partial charge in [0, 0.05) is 24.7 Å². The molecule has 0 spiro atoms. The van der Waals surface area contributed by atoms with E-state index >= 15 is 0 Å². The molecule has 126 valence electrons. The fourth-order valence-electron chi connectivity index (χ4n) is 3.09. The number of nitrogens with zero attached hydrogens (tertiary/aromatic N) is 1. The maximum absolute atomic E-state index is 12.7. The van der Waals surface area contributed by atoms with Crippen molar-refractivity contribution >= 4 is 24.1 Å². The van der Waals surface area contributed by atoms with E-state index in [-0.39, 0.29) is 24.1 Å². The van der Waals surface area contributed by atoms with Crippen molar-refractivity contribution in [1.29, 1.82) is 0 Å². The number of amides is 1. The second-order valence-corrected chi connectivity index (χ2v) is 6.52. The summed E-state index contributed by atoms with van der Waals surface area (Å²) < 4.78 is 0. The molecule has 0 atom stereocenters. The van der Waals surface area contributed by atoms with Crippen molar-refractivity contribution in [2.75, 3.05) is 19.6 Å². The number of piperidine rings is 1. The molecule has 1 aromatic carbocycles. The van der Waals surface area contributed by atoms with Gasteiger partial charge in [0.05, 0.1) is 5.56 Å². The standard InChI is InChI=1S/C18H24N2O2.ClH/c1-13(21)16-4-2-3-5-17(16)18(22)20-10-8-15(9-11-20)19-12-14-6-7-14;/h2-5,14-15,19H,6-12H2,1H3;1H. The van der Waals surface area contributed by atoms with Crippen LogP contribution in [0.15, 0.2) is 24.3 Å². The van der Waals surface area contributed by atoms with Gasteiger partial charge in [-0.2, -0.15) is 0 Å². The van der Waals surface area contributed by atoms with E-state index in [1.807, 2.05) is 17.0 Å². The zero-order valence-electron chi connectivity index (χ0n) is 13.6. The number of carbonyl (C=O) groups excluding carboxylic acids is 2. The molecule has 0 aromatic heterocycles. The molecule has 1 aromatic rings. The van der Waals surface area contributed by atoms with Crippen LogP contribution in [0.5, 0.6) is 0 Å². The van der Waals surface area contributed by atoms with Crippen molar-refractivity contribution < 1.29 is 9.59 Å². The smallest absolute Gasteiger partial charge is 0.254 e. The zero-order chi connectivity index (χ0) is 15.5. The predicted octanol–water partition coefficient (Wildman–Crippen LogP) is 2.92. The summed E-state index contributed by atoms with van der Waals surface area (Å²) in [6.45, 7) is 4.19. The van der Waals surface area contributed by atoms with Crippen molar-refractivity contribution in [2.45, 2.75) is 38.6 Å². The summed E-state index contributed by atoms with van der Waals surface area (Å²) in [5, 5.41) is 3.62. The molecule has 4 nitrogen and oxygen atoms in total. The maximum atomic E-state index is 12.7. The SMILES string of the molecule is CC(=O)c1ccccc1C(=O)N1CCC(NCC2CC2)CC1.Cl. The average Bonchev–Trinajstić information content (AvgIpc) is 3.37. The number of Topliss-reactive ketones (excluding diaryl/α,β-unsaturated/α-hetero) is 1. The first kappa shape index (κ1) is 18.0. The summed E-state index contributed by atoms with van der Waals surface area (Å²) in [5.74, 6) is 0.832. The molecular formula is C18H25ClN2O2. The lowest BCUT2D eigenvalue weighted by atomic mass is 10.00. The lowest BCUT2D eigenvalue weighted by Crippen LogP contribution is -2.45. The highest BCUT2D eigenvalue weighted by Crippen LogP contribution is 2.28. The van der Waals surface area contributed by atoms with Gasteiger partial charge in [-0.15, -0.1) is 12.4 Å². The molecule has 1 heterocycles. The maximum Gasteiger partial charge on any atom is 0.254 e. The lowest BCUT2D eigenvalue weighted by molar-refractivity contribution is 0.0701. The number of ketones is 1. The zero-order valence-corrected chi connectivity index (χ0v) is 14.4. The first-order chi connectivity index (χ1) is 10.6. The Balaban J connectivity index is 0.00000192. The van der Waals surface area contributed by atoms with Gasteiger partial charge in [-0.05, 0) is 51.1 Å². The summed E-state index contributed by atoms with van der Waals surface area (Å²) in [6.07, 6.45) is 4.74. The molecular weight excluding hydrogens is 312 g/mol. The van der Waals surface area contributed by atoms with E-state index in [0.29, 0.717) is 17.2 Å². The number of hydrogen-bond donors (Lipinski definition) is 1. The van der Waals surface area contributed by atoms with E-state index < -0.39 is 0 Å². The number of carbonyl (C=O) groups is 2. The molecule has 0 radical (unpaired) electrons. The number of nitrogens with one attached hydrogen (secondary N) is 1. The quantitative estimate of drug-likeness (QED) is 0.841. The molecule has 5 heteroatoms. The van der Waals surface area contributed by atoms with E-state index in [0.717, 1.165) is 38.4 Å². The van der Waals surface area contributed by atoms with Crippen molar-refractivity contribution in [3.63, 3.8) is 0 Å². The Morgan fingerprint density at radius 2 is 1.70 bits per heavy atom. The highest BCUT2D eigenvalue weighted by atomic mass is 35.5. The summed E-state index contributed by atoms with van der Waals surface area (Å²) >= 11 is 0. The van der Waals surface area contributed by atoms with Gasteiger partial charge in [0.15, 0.2) is 5.78 Å². The predicted molar refractivity (Wildman–Crippen MR) is 93.3 cm³/mol. The van der Waals surface area contributed by atoms with Crippen LogP contribution in [0.4, 0.5) is 0 Å². The summed E-state index contributed by atoms with van der Waals surface area (Å²) in [7, 11) is 0. The molecule has 1 amide bonds. The highest BCUT2D eigenvalue weighted by Gasteiger charge is 2.27. The lowest BCUT2D eigenvalue weighted by Gasteiger charge is -2.33. The van der Waals surface area contributed by atoms with Crippen molar-refractivity contribution in [3.8, 4) is 0 Å². The molecule has 1 saturated heterocycles. The van der Waals surface area contributed by atoms with Crippen molar-refractivity contribution in [3.05, 3.63) is 35.4 Å². The normalized spacial score (nSPS) is 18.4. The topological polar surface area (TPSA) is 49.4 Å². The third kappa shape index (κ3) is 4.55.